The van der Waals surface area contributed by atoms with Gasteiger partial charge in [-0.1, -0.05) is 13.3 Å². The molecular weight excluding hydrogens is 293 g/mol. The van der Waals surface area contributed by atoms with E-state index in [1.807, 2.05) is 13.2 Å². The van der Waals surface area contributed by atoms with Gasteiger partial charge in [0.05, 0.1) is 17.6 Å². The number of hydrogen-bond acceptors (Lipinski definition) is 3. The van der Waals surface area contributed by atoms with Crippen LogP contribution >= 0.6 is 0 Å². The standard InChI is InChI=1S/C17H22FN5/c1-3-4-5-16-19-9-13(20-16)10-23(2)11-17-21-14-7-6-12(18)8-15(14)22-17/h6-9H,3-5,10-11H2,1-2H3,(H,19,20)(H,21,22). The van der Waals surface area contributed by atoms with E-state index in [-0.39, 0.29) is 5.82 Å². The van der Waals surface area contributed by atoms with Crippen molar-refractivity contribution < 1.29 is 4.39 Å². The minimum absolute atomic E-state index is 0.252. The Kier molecular flexibility index (Phi) is 4.71. The topological polar surface area (TPSA) is 60.6 Å². The number of benzene rings is 1. The van der Waals surface area contributed by atoms with E-state index in [9.17, 15) is 4.39 Å². The molecule has 0 radical (unpaired) electrons. The van der Waals surface area contributed by atoms with Crippen molar-refractivity contribution in [3.05, 3.63) is 47.6 Å². The zero-order valence-corrected chi connectivity index (χ0v) is 13.6. The number of nitrogens with one attached hydrogen (secondary N) is 2. The molecule has 2 heterocycles. The first-order valence-corrected chi connectivity index (χ1v) is 7.99. The number of H-pyrrole nitrogens is 2. The lowest BCUT2D eigenvalue weighted by Gasteiger charge is -2.13. The summed E-state index contributed by atoms with van der Waals surface area (Å²) in [4.78, 5) is 17.6. The summed E-state index contributed by atoms with van der Waals surface area (Å²) in [7, 11) is 2.03. The Morgan fingerprint density at radius 1 is 1.17 bits per heavy atom. The van der Waals surface area contributed by atoms with Gasteiger partial charge in [-0.3, -0.25) is 4.90 Å². The number of nitrogens with zero attached hydrogens (tertiary/aromatic N) is 3. The molecule has 0 atom stereocenters. The van der Waals surface area contributed by atoms with E-state index < -0.39 is 0 Å². The van der Waals surface area contributed by atoms with Crippen LogP contribution in [0.25, 0.3) is 11.0 Å². The zero-order valence-electron chi connectivity index (χ0n) is 13.6. The fourth-order valence-electron chi connectivity index (χ4n) is 2.67. The van der Waals surface area contributed by atoms with E-state index in [1.54, 1.807) is 6.07 Å². The average Bonchev–Trinajstić information content (AvgIpc) is 3.10. The summed E-state index contributed by atoms with van der Waals surface area (Å²) in [6.07, 6.45) is 5.21. The van der Waals surface area contributed by atoms with Crippen LogP contribution in [-0.4, -0.2) is 31.9 Å². The number of aryl methyl sites for hydroxylation is 1. The van der Waals surface area contributed by atoms with Crippen molar-refractivity contribution in [2.24, 2.45) is 0 Å². The molecule has 0 unspecified atom stereocenters. The van der Waals surface area contributed by atoms with Crippen molar-refractivity contribution in [2.75, 3.05) is 7.05 Å². The van der Waals surface area contributed by atoms with Gasteiger partial charge in [0.2, 0.25) is 0 Å². The molecule has 5 nitrogen and oxygen atoms in total. The van der Waals surface area contributed by atoms with Gasteiger partial charge < -0.3 is 9.97 Å². The van der Waals surface area contributed by atoms with Crippen LogP contribution in [0, 0.1) is 5.82 Å². The highest BCUT2D eigenvalue weighted by atomic mass is 19.1. The molecule has 0 spiro atoms. The summed E-state index contributed by atoms with van der Waals surface area (Å²) in [5.74, 6) is 1.63. The largest absolute Gasteiger partial charge is 0.345 e. The Balaban J connectivity index is 1.61. The minimum atomic E-state index is -0.252. The van der Waals surface area contributed by atoms with Crippen LogP contribution in [-0.2, 0) is 19.5 Å². The molecule has 1 aromatic carbocycles. The second-order valence-corrected chi connectivity index (χ2v) is 5.98. The highest BCUT2D eigenvalue weighted by Gasteiger charge is 2.09. The third kappa shape index (κ3) is 3.96. The fourth-order valence-corrected chi connectivity index (χ4v) is 2.67. The molecule has 3 rings (SSSR count). The van der Waals surface area contributed by atoms with Gasteiger partial charge >= 0.3 is 0 Å². The Morgan fingerprint density at radius 3 is 2.87 bits per heavy atom. The maximum absolute atomic E-state index is 13.2. The van der Waals surface area contributed by atoms with Gasteiger partial charge in [0.1, 0.15) is 17.5 Å². The SMILES string of the molecule is CCCCc1ncc(CN(C)Cc2nc3ccc(F)cc3[nH]2)[nH]1. The fraction of sp³-hybridized carbons (Fsp3) is 0.412. The molecule has 0 saturated carbocycles. The molecule has 2 aromatic heterocycles. The molecular formula is C17H22FN5. The molecule has 3 aromatic rings. The van der Waals surface area contributed by atoms with Crippen LogP contribution in [0.2, 0.25) is 0 Å². The van der Waals surface area contributed by atoms with E-state index in [2.05, 4.69) is 31.8 Å². The molecule has 122 valence electrons. The lowest BCUT2D eigenvalue weighted by Crippen LogP contribution is -2.18. The molecule has 0 aliphatic rings. The maximum Gasteiger partial charge on any atom is 0.125 e. The molecule has 23 heavy (non-hydrogen) atoms. The number of unbranched alkanes of at least 4 members (excludes halogenated alkanes) is 1. The molecule has 0 aliphatic heterocycles. The van der Waals surface area contributed by atoms with Gasteiger partial charge in [0, 0.05) is 24.9 Å². The second kappa shape index (κ2) is 6.91. The predicted molar refractivity (Wildman–Crippen MR) is 88.4 cm³/mol. The van der Waals surface area contributed by atoms with Crippen molar-refractivity contribution in [1.29, 1.82) is 0 Å². The van der Waals surface area contributed by atoms with Gasteiger partial charge in [-0.05, 0) is 31.7 Å². The van der Waals surface area contributed by atoms with Crippen molar-refractivity contribution in [3.63, 3.8) is 0 Å². The van der Waals surface area contributed by atoms with Crippen LogP contribution in [0.5, 0.6) is 0 Å². The van der Waals surface area contributed by atoms with Crippen LogP contribution in [0.1, 0.15) is 37.1 Å². The smallest absolute Gasteiger partial charge is 0.125 e. The van der Waals surface area contributed by atoms with E-state index in [0.29, 0.717) is 6.54 Å². The minimum Gasteiger partial charge on any atom is -0.345 e. The number of halogens is 1. The lowest BCUT2D eigenvalue weighted by atomic mass is 10.2. The third-order valence-electron chi connectivity index (χ3n) is 3.80. The predicted octanol–water partition coefficient (Wildman–Crippen LogP) is 3.40. The second-order valence-electron chi connectivity index (χ2n) is 5.98. The van der Waals surface area contributed by atoms with Crippen LogP contribution < -0.4 is 0 Å². The Labute approximate surface area is 135 Å². The molecule has 2 N–H and O–H groups in total. The van der Waals surface area contributed by atoms with E-state index in [1.165, 1.54) is 18.6 Å². The van der Waals surface area contributed by atoms with Gasteiger partial charge in [-0.25, -0.2) is 14.4 Å². The van der Waals surface area contributed by atoms with Gasteiger partial charge in [0.25, 0.3) is 0 Å². The maximum atomic E-state index is 13.2. The van der Waals surface area contributed by atoms with Gasteiger partial charge in [-0.2, -0.15) is 0 Å². The zero-order chi connectivity index (χ0) is 16.2. The van der Waals surface area contributed by atoms with Crippen molar-refractivity contribution in [1.82, 2.24) is 24.8 Å². The van der Waals surface area contributed by atoms with Crippen LogP contribution in [0.3, 0.4) is 0 Å². The molecule has 0 fully saturated rings. The average molecular weight is 315 g/mol. The molecule has 0 aliphatic carbocycles. The van der Waals surface area contributed by atoms with Crippen molar-refractivity contribution in [3.8, 4) is 0 Å². The number of aromatic amines is 2. The summed E-state index contributed by atoms with van der Waals surface area (Å²) in [5, 5.41) is 0. The van der Waals surface area contributed by atoms with Crippen molar-refractivity contribution >= 4 is 11.0 Å². The first kappa shape index (κ1) is 15.7. The summed E-state index contributed by atoms with van der Waals surface area (Å²) in [6.45, 7) is 3.61. The normalized spacial score (nSPS) is 11.7. The van der Waals surface area contributed by atoms with Gasteiger partial charge in [0.15, 0.2) is 0 Å². The first-order valence-electron chi connectivity index (χ1n) is 7.99. The highest BCUT2D eigenvalue weighted by Crippen LogP contribution is 2.14. The Hall–Kier alpha value is -2.21. The Morgan fingerprint density at radius 2 is 2.04 bits per heavy atom. The summed E-state index contributed by atoms with van der Waals surface area (Å²) >= 11 is 0. The highest BCUT2D eigenvalue weighted by molar-refractivity contribution is 5.74. The molecule has 0 amide bonds. The summed E-state index contributed by atoms with van der Waals surface area (Å²) < 4.78 is 13.2. The molecule has 0 bridgehead atoms. The Bertz CT molecular complexity index is 776. The molecule has 0 saturated heterocycles. The lowest BCUT2D eigenvalue weighted by molar-refractivity contribution is 0.308. The first-order chi connectivity index (χ1) is 11.1. The van der Waals surface area contributed by atoms with Crippen LogP contribution in [0.15, 0.2) is 24.4 Å². The van der Waals surface area contributed by atoms with Crippen LogP contribution in [0.4, 0.5) is 4.39 Å². The number of imidazole rings is 2. The molecule has 6 heteroatoms. The third-order valence-corrected chi connectivity index (χ3v) is 3.80. The number of rotatable bonds is 7. The monoisotopic (exact) mass is 315 g/mol. The number of fused-ring (bicyclic) bond motifs is 1. The van der Waals surface area contributed by atoms with Crippen molar-refractivity contribution in [2.45, 2.75) is 39.3 Å². The van der Waals surface area contributed by atoms with E-state index >= 15 is 0 Å². The van der Waals surface area contributed by atoms with Gasteiger partial charge in [-0.15, -0.1) is 0 Å². The number of aromatic nitrogens is 4. The number of hydrogen-bond donors (Lipinski definition) is 2. The summed E-state index contributed by atoms with van der Waals surface area (Å²) in [6, 6.07) is 4.60. The van der Waals surface area contributed by atoms with E-state index in [4.69, 9.17) is 0 Å². The van der Waals surface area contributed by atoms with E-state index in [0.717, 1.165) is 47.8 Å². The quantitative estimate of drug-likeness (QED) is 0.702. The summed E-state index contributed by atoms with van der Waals surface area (Å²) in [5.41, 5.74) is 2.62.